The molecule has 146 valence electrons. The minimum atomic E-state index is -0.426. The highest BCUT2D eigenvalue weighted by molar-refractivity contribution is 6.02. The van der Waals surface area contributed by atoms with Gasteiger partial charge in [-0.2, -0.15) is 5.10 Å². The molecule has 3 rings (SSSR count). The molecule has 3 aromatic rings. The Kier molecular flexibility index (Phi) is 5.64. The topological polar surface area (TPSA) is 108 Å². The van der Waals surface area contributed by atoms with Crippen LogP contribution in [-0.2, 0) is 13.6 Å². The summed E-state index contributed by atoms with van der Waals surface area (Å²) < 4.78 is 16.9. The summed E-state index contributed by atoms with van der Waals surface area (Å²) in [5.41, 5.74) is 1.02. The molecule has 9 heteroatoms. The average molecular weight is 384 g/mol. The van der Waals surface area contributed by atoms with Crippen molar-refractivity contribution in [2.75, 3.05) is 19.5 Å². The quantitative estimate of drug-likeness (QED) is 0.647. The zero-order valence-corrected chi connectivity index (χ0v) is 15.7. The summed E-state index contributed by atoms with van der Waals surface area (Å²) in [5.74, 6) is 0.932. The van der Waals surface area contributed by atoms with Crippen molar-refractivity contribution in [1.29, 1.82) is 0 Å². The van der Waals surface area contributed by atoms with Crippen LogP contribution < -0.4 is 20.1 Å². The number of carbonyl (C=O) groups is 2. The Labute approximate surface area is 161 Å². The van der Waals surface area contributed by atoms with Crippen LogP contribution in [0.25, 0.3) is 0 Å². The van der Waals surface area contributed by atoms with Gasteiger partial charge in [0.15, 0.2) is 23.0 Å². The highest BCUT2D eigenvalue weighted by Crippen LogP contribution is 2.27. The van der Waals surface area contributed by atoms with Crippen molar-refractivity contribution in [1.82, 2.24) is 15.1 Å². The van der Waals surface area contributed by atoms with Crippen LogP contribution in [-0.4, -0.2) is 35.8 Å². The van der Waals surface area contributed by atoms with Crippen LogP contribution in [0, 0.1) is 0 Å². The molecular formula is C19H20N4O5. The van der Waals surface area contributed by atoms with E-state index in [1.165, 1.54) is 17.0 Å². The average Bonchev–Trinajstić information content (AvgIpc) is 3.36. The molecule has 0 atom stereocenters. The molecule has 9 nitrogen and oxygen atoms in total. The Morgan fingerprint density at radius 2 is 1.89 bits per heavy atom. The third-order valence-corrected chi connectivity index (χ3v) is 4.00. The first-order chi connectivity index (χ1) is 13.5. The largest absolute Gasteiger partial charge is 0.493 e. The van der Waals surface area contributed by atoms with Crippen LogP contribution in [0.2, 0.25) is 0 Å². The van der Waals surface area contributed by atoms with Crippen molar-refractivity contribution >= 4 is 17.6 Å². The number of ether oxygens (including phenoxy) is 2. The lowest BCUT2D eigenvalue weighted by Gasteiger charge is -2.10. The predicted octanol–water partition coefficient (Wildman–Crippen LogP) is 2.21. The summed E-state index contributed by atoms with van der Waals surface area (Å²) in [4.78, 5) is 24.5. The molecule has 0 radical (unpaired) electrons. The number of methoxy groups -OCH3 is 2. The Morgan fingerprint density at radius 1 is 1.11 bits per heavy atom. The number of aromatic nitrogens is 2. The van der Waals surface area contributed by atoms with Gasteiger partial charge in [-0.1, -0.05) is 6.07 Å². The number of nitrogens with one attached hydrogen (secondary N) is 2. The number of amides is 2. The third-order valence-electron chi connectivity index (χ3n) is 4.00. The zero-order valence-electron chi connectivity index (χ0n) is 15.7. The number of benzene rings is 1. The van der Waals surface area contributed by atoms with Crippen molar-refractivity contribution in [3.8, 4) is 11.5 Å². The molecule has 2 amide bonds. The lowest BCUT2D eigenvalue weighted by molar-refractivity contribution is 0.0944. The number of aryl methyl sites for hydroxylation is 1. The van der Waals surface area contributed by atoms with Crippen LogP contribution in [0.15, 0.2) is 47.1 Å². The summed E-state index contributed by atoms with van der Waals surface area (Å²) in [6.07, 6.45) is 1.41. The van der Waals surface area contributed by atoms with Gasteiger partial charge < -0.3 is 24.5 Å². The molecule has 2 aromatic heterocycles. The molecule has 28 heavy (non-hydrogen) atoms. The first kappa shape index (κ1) is 19.0. The van der Waals surface area contributed by atoms with Crippen LogP contribution >= 0.6 is 0 Å². The number of furan rings is 1. The summed E-state index contributed by atoms with van der Waals surface area (Å²) in [6.45, 7) is 0.282. The molecule has 0 spiro atoms. The van der Waals surface area contributed by atoms with Crippen LogP contribution in [0.3, 0.4) is 0 Å². The number of hydrogen-bond acceptors (Lipinski definition) is 6. The van der Waals surface area contributed by atoms with E-state index < -0.39 is 5.91 Å². The number of carbonyl (C=O) groups excluding carboxylic acids is 2. The highest BCUT2D eigenvalue weighted by atomic mass is 16.5. The third kappa shape index (κ3) is 4.14. The summed E-state index contributed by atoms with van der Waals surface area (Å²) in [5, 5.41) is 9.56. The van der Waals surface area contributed by atoms with E-state index in [-0.39, 0.29) is 23.9 Å². The van der Waals surface area contributed by atoms with Crippen molar-refractivity contribution in [3.63, 3.8) is 0 Å². The van der Waals surface area contributed by atoms with Crippen LogP contribution in [0.4, 0.5) is 5.82 Å². The Bertz CT molecular complexity index is 978. The maximum atomic E-state index is 12.4. The molecule has 1 aromatic carbocycles. The van der Waals surface area contributed by atoms with Gasteiger partial charge in [-0.05, 0) is 29.8 Å². The summed E-state index contributed by atoms with van der Waals surface area (Å²) in [7, 11) is 4.73. The van der Waals surface area contributed by atoms with Crippen molar-refractivity contribution < 1.29 is 23.5 Å². The first-order valence-electron chi connectivity index (χ1n) is 8.40. The molecule has 0 aliphatic heterocycles. The van der Waals surface area contributed by atoms with Gasteiger partial charge in [0.2, 0.25) is 0 Å². The fourth-order valence-corrected chi connectivity index (χ4v) is 2.54. The molecule has 2 heterocycles. The maximum Gasteiger partial charge on any atom is 0.292 e. The van der Waals surface area contributed by atoms with E-state index in [4.69, 9.17) is 13.9 Å². The standard InChI is InChI=1S/C19H20N4O5/c1-23-17(21-19(25)15-5-4-8-28-15)10-13(22-23)18(24)20-11-12-6-7-14(26-2)16(9-12)27-3/h4-10H,11H2,1-3H3,(H,20,24)(H,21,25). The van der Waals surface area contributed by atoms with E-state index in [9.17, 15) is 9.59 Å². The van der Waals surface area contributed by atoms with E-state index >= 15 is 0 Å². The minimum absolute atomic E-state index is 0.167. The molecule has 0 aliphatic carbocycles. The number of anilines is 1. The van der Waals surface area contributed by atoms with Gasteiger partial charge in [0.25, 0.3) is 11.8 Å². The van der Waals surface area contributed by atoms with Crippen LogP contribution in [0.5, 0.6) is 11.5 Å². The lowest BCUT2D eigenvalue weighted by Crippen LogP contribution is -2.23. The maximum absolute atomic E-state index is 12.4. The predicted molar refractivity (Wildman–Crippen MR) is 101 cm³/mol. The first-order valence-corrected chi connectivity index (χ1v) is 8.40. The van der Waals surface area contributed by atoms with Crippen molar-refractivity contribution in [2.24, 2.45) is 7.05 Å². The molecular weight excluding hydrogens is 364 g/mol. The minimum Gasteiger partial charge on any atom is -0.493 e. The highest BCUT2D eigenvalue weighted by Gasteiger charge is 2.16. The Morgan fingerprint density at radius 3 is 2.57 bits per heavy atom. The summed E-state index contributed by atoms with van der Waals surface area (Å²) >= 11 is 0. The monoisotopic (exact) mass is 384 g/mol. The van der Waals surface area contributed by atoms with Gasteiger partial charge >= 0.3 is 0 Å². The van der Waals surface area contributed by atoms with Gasteiger partial charge in [0.1, 0.15) is 5.82 Å². The molecule has 0 bridgehead atoms. The van der Waals surface area contributed by atoms with E-state index in [1.54, 1.807) is 45.5 Å². The molecule has 0 saturated carbocycles. The fourth-order valence-electron chi connectivity index (χ4n) is 2.54. The second kappa shape index (κ2) is 8.30. The van der Waals surface area contributed by atoms with Crippen molar-refractivity contribution in [2.45, 2.75) is 6.54 Å². The van der Waals surface area contributed by atoms with Gasteiger partial charge in [-0.25, -0.2) is 0 Å². The number of nitrogens with zero attached hydrogens (tertiary/aromatic N) is 2. The van der Waals surface area contributed by atoms with E-state index in [0.717, 1.165) is 5.56 Å². The SMILES string of the molecule is COc1ccc(CNC(=O)c2cc(NC(=O)c3ccco3)n(C)n2)cc1OC. The number of hydrogen-bond donors (Lipinski definition) is 2. The van der Waals surface area contributed by atoms with Gasteiger partial charge in [0.05, 0.1) is 20.5 Å². The lowest BCUT2D eigenvalue weighted by atomic mass is 10.2. The molecule has 0 fully saturated rings. The van der Waals surface area contributed by atoms with Gasteiger partial charge in [0, 0.05) is 19.7 Å². The smallest absolute Gasteiger partial charge is 0.292 e. The molecule has 0 saturated heterocycles. The molecule has 2 N–H and O–H groups in total. The number of rotatable bonds is 7. The second-order valence-corrected chi connectivity index (χ2v) is 5.84. The van der Waals surface area contributed by atoms with E-state index in [2.05, 4.69) is 15.7 Å². The Hall–Kier alpha value is -3.75. The van der Waals surface area contributed by atoms with Crippen molar-refractivity contribution in [3.05, 3.63) is 59.7 Å². The van der Waals surface area contributed by atoms with E-state index in [0.29, 0.717) is 17.3 Å². The normalized spacial score (nSPS) is 10.4. The fraction of sp³-hybridized carbons (Fsp3) is 0.211. The second-order valence-electron chi connectivity index (χ2n) is 5.84. The molecule has 0 aliphatic rings. The Balaban J connectivity index is 1.64. The van der Waals surface area contributed by atoms with Crippen LogP contribution in [0.1, 0.15) is 26.6 Å². The molecule has 0 unspecified atom stereocenters. The van der Waals surface area contributed by atoms with Gasteiger partial charge in [-0.15, -0.1) is 0 Å². The zero-order chi connectivity index (χ0) is 20.1. The summed E-state index contributed by atoms with van der Waals surface area (Å²) in [6, 6.07) is 10.0. The van der Waals surface area contributed by atoms with E-state index in [1.807, 2.05) is 6.07 Å². The van der Waals surface area contributed by atoms with Gasteiger partial charge in [-0.3, -0.25) is 14.3 Å².